The molecule has 2 aromatic carbocycles. The molecule has 26 heavy (non-hydrogen) atoms. The van der Waals surface area contributed by atoms with E-state index in [9.17, 15) is 9.65 Å². The van der Waals surface area contributed by atoms with E-state index >= 15 is 0 Å². The topological polar surface area (TPSA) is 73.6 Å². The molecule has 0 unspecified atom stereocenters. The minimum Gasteiger partial charge on any atom is -0.370 e. The van der Waals surface area contributed by atoms with E-state index in [1.165, 1.54) is 6.07 Å². The standard InChI is InChI=1S/C20H18FN5/c1-14-24-19(23-11-10-15-6-2-4-8-17(15)21)12-20(25-14)26-18-9-5-3-7-16(18)13-22/h2-9,12H,10-11H2,1H3,(H2,23,24,25,26). The molecule has 2 N–H and O–H groups in total. The fourth-order valence-corrected chi connectivity index (χ4v) is 2.58. The van der Waals surface area contributed by atoms with Gasteiger partial charge in [-0.25, -0.2) is 14.4 Å². The van der Waals surface area contributed by atoms with Crippen LogP contribution in [0.5, 0.6) is 0 Å². The van der Waals surface area contributed by atoms with Crippen LogP contribution in [0.4, 0.5) is 21.7 Å². The molecule has 130 valence electrons. The van der Waals surface area contributed by atoms with Crippen molar-refractivity contribution < 1.29 is 4.39 Å². The number of anilines is 3. The van der Waals surface area contributed by atoms with Crippen LogP contribution in [0.1, 0.15) is 17.0 Å². The third kappa shape index (κ3) is 4.33. The molecule has 0 saturated heterocycles. The second-order valence-electron chi connectivity index (χ2n) is 5.74. The van der Waals surface area contributed by atoms with Crippen molar-refractivity contribution in [3.05, 3.63) is 77.4 Å². The van der Waals surface area contributed by atoms with Gasteiger partial charge in [-0.05, 0) is 37.1 Å². The van der Waals surface area contributed by atoms with Crippen molar-refractivity contribution in [2.24, 2.45) is 0 Å². The number of nitrogens with zero attached hydrogens (tertiary/aromatic N) is 3. The minimum atomic E-state index is -0.205. The smallest absolute Gasteiger partial charge is 0.136 e. The third-order valence-electron chi connectivity index (χ3n) is 3.81. The quantitative estimate of drug-likeness (QED) is 0.699. The maximum atomic E-state index is 13.7. The lowest BCUT2D eigenvalue weighted by Gasteiger charge is -2.11. The number of nitrogens with one attached hydrogen (secondary N) is 2. The lowest BCUT2D eigenvalue weighted by atomic mass is 10.1. The van der Waals surface area contributed by atoms with E-state index in [1.54, 1.807) is 31.2 Å². The maximum absolute atomic E-state index is 13.7. The molecule has 3 rings (SSSR count). The van der Waals surface area contributed by atoms with E-state index in [4.69, 9.17) is 0 Å². The Morgan fingerprint density at radius 1 is 1.04 bits per heavy atom. The van der Waals surface area contributed by atoms with Crippen LogP contribution in [0.15, 0.2) is 54.6 Å². The van der Waals surface area contributed by atoms with Gasteiger partial charge in [-0.2, -0.15) is 5.26 Å². The molecular formula is C20H18FN5. The van der Waals surface area contributed by atoms with E-state index in [1.807, 2.05) is 24.3 Å². The summed E-state index contributed by atoms with van der Waals surface area (Å²) < 4.78 is 13.7. The molecule has 6 heteroatoms. The average Bonchev–Trinajstić information content (AvgIpc) is 2.63. The van der Waals surface area contributed by atoms with Crippen molar-refractivity contribution in [1.82, 2.24) is 9.97 Å². The van der Waals surface area contributed by atoms with Gasteiger partial charge in [0.15, 0.2) is 0 Å². The first kappa shape index (κ1) is 17.4. The SMILES string of the molecule is Cc1nc(NCCc2ccccc2F)cc(Nc2ccccc2C#N)n1. The summed E-state index contributed by atoms with van der Waals surface area (Å²) in [6.07, 6.45) is 0.551. The lowest BCUT2D eigenvalue weighted by Crippen LogP contribution is -2.09. The van der Waals surface area contributed by atoms with Gasteiger partial charge in [-0.3, -0.25) is 0 Å². The van der Waals surface area contributed by atoms with Gasteiger partial charge in [-0.15, -0.1) is 0 Å². The Morgan fingerprint density at radius 2 is 1.77 bits per heavy atom. The first-order valence-corrected chi connectivity index (χ1v) is 8.25. The Hall–Kier alpha value is -3.46. The zero-order valence-corrected chi connectivity index (χ0v) is 14.3. The summed E-state index contributed by atoms with van der Waals surface area (Å²) in [5.74, 6) is 1.63. The van der Waals surface area contributed by atoms with Crippen LogP contribution < -0.4 is 10.6 Å². The number of nitriles is 1. The molecule has 0 fully saturated rings. The van der Waals surface area contributed by atoms with Crippen LogP contribution in [-0.4, -0.2) is 16.5 Å². The summed E-state index contributed by atoms with van der Waals surface area (Å²) in [5.41, 5.74) is 1.88. The van der Waals surface area contributed by atoms with Gasteiger partial charge in [-0.1, -0.05) is 30.3 Å². The molecule has 0 saturated carbocycles. The summed E-state index contributed by atoms with van der Waals surface area (Å²) in [6, 6.07) is 17.9. The van der Waals surface area contributed by atoms with Crippen LogP contribution in [-0.2, 0) is 6.42 Å². The van der Waals surface area contributed by atoms with Crippen molar-refractivity contribution in [2.45, 2.75) is 13.3 Å². The van der Waals surface area contributed by atoms with Crippen molar-refractivity contribution in [1.29, 1.82) is 5.26 Å². The first-order chi connectivity index (χ1) is 12.7. The fourth-order valence-electron chi connectivity index (χ4n) is 2.58. The van der Waals surface area contributed by atoms with E-state index in [-0.39, 0.29) is 5.82 Å². The Morgan fingerprint density at radius 3 is 2.58 bits per heavy atom. The molecule has 1 heterocycles. The molecule has 0 aliphatic rings. The summed E-state index contributed by atoms with van der Waals surface area (Å²) in [5, 5.41) is 15.5. The van der Waals surface area contributed by atoms with Gasteiger partial charge in [0.05, 0.1) is 11.3 Å². The molecule has 5 nitrogen and oxygen atoms in total. The number of benzene rings is 2. The highest BCUT2D eigenvalue weighted by Gasteiger charge is 2.06. The molecule has 3 aromatic rings. The van der Waals surface area contributed by atoms with Gasteiger partial charge < -0.3 is 10.6 Å². The number of aromatic nitrogens is 2. The Labute approximate surface area is 151 Å². The second-order valence-corrected chi connectivity index (χ2v) is 5.74. The van der Waals surface area contributed by atoms with E-state index < -0.39 is 0 Å². The highest BCUT2D eigenvalue weighted by Crippen LogP contribution is 2.20. The van der Waals surface area contributed by atoms with Gasteiger partial charge in [0.1, 0.15) is 29.3 Å². The monoisotopic (exact) mass is 347 g/mol. The number of aryl methyl sites for hydroxylation is 1. The van der Waals surface area contributed by atoms with Crippen LogP contribution in [0.2, 0.25) is 0 Å². The van der Waals surface area contributed by atoms with Gasteiger partial charge in [0, 0.05) is 12.6 Å². The van der Waals surface area contributed by atoms with Crippen LogP contribution in [0, 0.1) is 24.1 Å². The molecule has 1 aromatic heterocycles. The lowest BCUT2D eigenvalue weighted by molar-refractivity contribution is 0.610. The Bertz CT molecular complexity index is 949. The molecule has 0 spiro atoms. The fraction of sp³-hybridized carbons (Fsp3) is 0.150. The van der Waals surface area contributed by atoms with Gasteiger partial charge in [0.25, 0.3) is 0 Å². The summed E-state index contributed by atoms with van der Waals surface area (Å²) >= 11 is 0. The Kier molecular flexibility index (Phi) is 5.40. The zero-order valence-electron chi connectivity index (χ0n) is 14.3. The average molecular weight is 347 g/mol. The summed E-state index contributed by atoms with van der Waals surface area (Å²) in [4.78, 5) is 8.70. The van der Waals surface area contributed by atoms with Crippen molar-refractivity contribution in [3.8, 4) is 6.07 Å². The number of hydrogen-bond donors (Lipinski definition) is 2. The third-order valence-corrected chi connectivity index (χ3v) is 3.81. The van der Waals surface area contributed by atoms with Gasteiger partial charge in [0.2, 0.25) is 0 Å². The maximum Gasteiger partial charge on any atom is 0.136 e. The summed E-state index contributed by atoms with van der Waals surface area (Å²) in [6.45, 7) is 2.34. The molecule has 0 amide bonds. The van der Waals surface area contributed by atoms with Crippen LogP contribution in [0.25, 0.3) is 0 Å². The van der Waals surface area contributed by atoms with Crippen molar-refractivity contribution in [2.75, 3.05) is 17.2 Å². The number of hydrogen-bond acceptors (Lipinski definition) is 5. The van der Waals surface area contributed by atoms with Crippen molar-refractivity contribution in [3.63, 3.8) is 0 Å². The number of halogens is 1. The zero-order chi connectivity index (χ0) is 18.4. The highest BCUT2D eigenvalue weighted by atomic mass is 19.1. The number of para-hydroxylation sites is 1. The van der Waals surface area contributed by atoms with E-state index in [0.29, 0.717) is 47.2 Å². The highest BCUT2D eigenvalue weighted by molar-refractivity contribution is 5.65. The molecular weight excluding hydrogens is 329 g/mol. The van der Waals surface area contributed by atoms with Crippen LogP contribution in [0.3, 0.4) is 0 Å². The largest absolute Gasteiger partial charge is 0.370 e. The molecule has 0 bridgehead atoms. The Balaban J connectivity index is 1.70. The molecule has 0 radical (unpaired) electrons. The predicted octanol–water partition coefficient (Wildman–Crippen LogP) is 4.19. The normalized spacial score (nSPS) is 10.2. The molecule has 0 atom stereocenters. The minimum absolute atomic E-state index is 0.205. The summed E-state index contributed by atoms with van der Waals surface area (Å²) in [7, 11) is 0. The number of rotatable bonds is 6. The van der Waals surface area contributed by atoms with E-state index in [0.717, 1.165) is 0 Å². The van der Waals surface area contributed by atoms with Crippen molar-refractivity contribution >= 4 is 17.3 Å². The van der Waals surface area contributed by atoms with Crippen LogP contribution >= 0.6 is 0 Å². The van der Waals surface area contributed by atoms with E-state index in [2.05, 4.69) is 26.7 Å². The molecule has 0 aliphatic heterocycles. The second kappa shape index (κ2) is 8.08. The molecule has 0 aliphatic carbocycles. The predicted molar refractivity (Wildman–Crippen MR) is 99.8 cm³/mol. The van der Waals surface area contributed by atoms with Gasteiger partial charge >= 0.3 is 0 Å². The first-order valence-electron chi connectivity index (χ1n) is 8.25.